The summed E-state index contributed by atoms with van der Waals surface area (Å²) in [7, 11) is 0. The minimum absolute atomic E-state index is 0.214. The van der Waals surface area contributed by atoms with Gasteiger partial charge in [-0.05, 0) is 57.0 Å². The van der Waals surface area contributed by atoms with E-state index in [0.29, 0.717) is 44.3 Å². The maximum atomic E-state index is 13.7. The van der Waals surface area contributed by atoms with Crippen LogP contribution >= 0.6 is 11.3 Å². The lowest BCUT2D eigenvalue weighted by atomic mass is 9.95. The number of carbonyl (C=O) groups is 2. The van der Waals surface area contributed by atoms with Gasteiger partial charge in [-0.3, -0.25) is 14.2 Å². The van der Waals surface area contributed by atoms with Crippen molar-refractivity contribution >= 4 is 29.4 Å². The minimum Gasteiger partial charge on any atom is -0.490 e. The van der Waals surface area contributed by atoms with Crippen molar-refractivity contribution in [3.8, 4) is 11.5 Å². The normalized spacial score (nSPS) is 15.2. The predicted molar refractivity (Wildman–Crippen MR) is 140 cm³/mol. The second-order valence-electron chi connectivity index (χ2n) is 8.45. The number of aryl methyl sites for hydroxylation is 1. The predicted octanol–water partition coefficient (Wildman–Crippen LogP) is 3.43. The molecule has 1 aromatic heterocycles. The maximum Gasteiger partial charge on any atom is 0.338 e. The van der Waals surface area contributed by atoms with Crippen LogP contribution in [0.1, 0.15) is 50.4 Å². The highest BCUT2D eigenvalue weighted by molar-refractivity contribution is 7.07. The molecule has 37 heavy (non-hydrogen) atoms. The van der Waals surface area contributed by atoms with Crippen LogP contribution in [0.4, 0.5) is 0 Å². The average Bonchev–Trinajstić information content (AvgIpc) is 3.14. The highest BCUT2D eigenvalue weighted by Crippen LogP contribution is 2.31. The minimum atomic E-state index is -0.664. The van der Waals surface area contributed by atoms with Crippen molar-refractivity contribution in [2.24, 2.45) is 4.99 Å². The third kappa shape index (κ3) is 5.41. The molecule has 0 saturated heterocycles. The third-order valence-electron chi connectivity index (χ3n) is 5.73. The van der Waals surface area contributed by atoms with E-state index in [1.807, 2.05) is 38.1 Å². The van der Waals surface area contributed by atoms with E-state index in [1.54, 1.807) is 42.7 Å². The fraction of sp³-hybridized carbons (Fsp3) is 0.286. The zero-order valence-electron chi connectivity index (χ0n) is 21.4. The Kier molecular flexibility index (Phi) is 7.73. The molecule has 0 radical (unpaired) electrons. The van der Waals surface area contributed by atoms with Crippen LogP contribution in [0.15, 0.2) is 63.5 Å². The molecule has 0 amide bonds. The molecule has 0 bridgehead atoms. The summed E-state index contributed by atoms with van der Waals surface area (Å²) in [5.41, 5.74) is 3.13. The number of carbonyl (C=O) groups excluding carboxylic acids is 2. The molecule has 0 saturated carbocycles. The van der Waals surface area contributed by atoms with Gasteiger partial charge in [0.05, 0.1) is 35.1 Å². The quantitative estimate of drug-likeness (QED) is 0.350. The molecule has 0 fully saturated rings. The Balaban J connectivity index is 1.88. The van der Waals surface area contributed by atoms with Crippen molar-refractivity contribution in [2.45, 2.75) is 40.7 Å². The standard InChI is InChI=1S/C28H28N2O6S/c1-6-34-22-14-19(10-13-21(22)36-18(5)31)15-23-26(32)30-25(20-11-8-16(3)9-12-20)24(27(33)35-7-2)17(4)29-28(30)37-23/h8-15,25H,6-7H2,1-5H3/b23-15-/t25-/m0/s1. The highest BCUT2D eigenvalue weighted by Gasteiger charge is 2.33. The van der Waals surface area contributed by atoms with Crippen LogP contribution in [0.5, 0.6) is 11.5 Å². The number of thiazole rings is 1. The molecule has 2 aromatic carbocycles. The second kappa shape index (κ2) is 11.0. The van der Waals surface area contributed by atoms with Crippen molar-refractivity contribution in [1.29, 1.82) is 0 Å². The monoisotopic (exact) mass is 520 g/mol. The SMILES string of the molecule is CCOC(=O)C1=C(C)N=c2s/c(=C\c3ccc(OC(C)=O)c(OCC)c3)c(=O)n2[C@H]1c1ccc(C)cc1. The first-order valence-electron chi connectivity index (χ1n) is 11.9. The summed E-state index contributed by atoms with van der Waals surface area (Å²) in [6.45, 7) is 9.22. The summed E-state index contributed by atoms with van der Waals surface area (Å²) in [5.74, 6) is -0.240. The van der Waals surface area contributed by atoms with E-state index in [0.717, 1.165) is 11.1 Å². The van der Waals surface area contributed by atoms with Gasteiger partial charge in [0.25, 0.3) is 5.56 Å². The van der Waals surface area contributed by atoms with E-state index >= 15 is 0 Å². The van der Waals surface area contributed by atoms with Crippen molar-refractivity contribution in [2.75, 3.05) is 13.2 Å². The molecule has 0 spiro atoms. The zero-order chi connectivity index (χ0) is 26.7. The summed E-state index contributed by atoms with van der Waals surface area (Å²) in [6.07, 6.45) is 1.74. The first kappa shape index (κ1) is 26.1. The maximum absolute atomic E-state index is 13.7. The largest absolute Gasteiger partial charge is 0.490 e. The van der Waals surface area contributed by atoms with E-state index in [9.17, 15) is 14.4 Å². The number of ether oxygens (including phenoxy) is 3. The first-order valence-corrected chi connectivity index (χ1v) is 12.8. The van der Waals surface area contributed by atoms with Gasteiger partial charge in [-0.2, -0.15) is 0 Å². The Hall–Kier alpha value is -3.98. The number of benzene rings is 2. The fourth-order valence-corrected chi connectivity index (χ4v) is 5.18. The summed E-state index contributed by atoms with van der Waals surface area (Å²) in [6, 6.07) is 12.1. The molecule has 8 nitrogen and oxygen atoms in total. The van der Waals surface area contributed by atoms with Crippen LogP contribution in [-0.4, -0.2) is 29.7 Å². The number of aromatic nitrogens is 1. The molecular weight excluding hydrogens is 492 g/mol. The van der Waals surface area contributed by atoms with Gasteiger partial charge in [0.1, 0.15) is 0 Å². The lowest BCUT2D eigenvalue weighted by Crippen LogP contribution is -2.39. The van der Waals surface area contributed by atoms with E-state index in [4.69, 9.17) is 14.2 Å². The fourth-order valence-electron chi connectivity index (χ4n) is 4.13. The number of nitrogens with zero attached hydrogens (tertiary/aromatic N) is 2. The smallest absolute Gasteiger partial charge is 0.338 e. The van der Waals surface area contributed by atoms with E-state index in [2.05, 4.69) is 4.99 Å². The number of hydrogen-bond donors (Lipinski definition) is 0. The van der Waals surface area contributed by atoms with E-state index in [1.165, 1.54) is 18.3 Å². The molecule has 0 aliphatic carbocycles. The summed E-state index contributed by atoms with van der Waals surface area (Å²) in [5, 5.41) is 0. The summed E-state index contributed by atoms with van der Waals surface area (Å²) in [4.78, 5) is 43.2. The Morgan fingerprint density at radius 3 is 2.43 bits per heavy atom. The van der Waals surface area contributed by atoms with Gasteiger partial charge in [-0.25, -0.2) is 9.79 Å². The van der Waals surface area contributed by atoms with E-state index in [-0.39, 0.29) is 12.2 Å². The van der Waals surface area contributed by atoms with Crippen LogP contribution in [0.25, 0.3) is 6.08 Å². The molecule has 192 valence electrons. The van der Waals surface area contributed by atoms with Crippen LogP contribution in [0.2, 0.25) is 0 Å². The third-order valence-corrected chi connectivity index (χ3v) is 6.71. The molecule has 1 atom stereocenters. The van der Waals surface area contributed by atoms with E-state index < -0.39 is 18.0 Å². The number of rotatable bonds is 7. The van der Waals surface area contributed by atoms with Gasteiger partial charge in [0.15, 0.2) is 16.3 Å². The van der Waals surface area contributed by atoms with Crippen molar-refractivity contribution in [3.05, 3.63) is 90.1 Å². The molecule has 9 heteroatoms. The van der Waals surface area contributed by atoms with Gasteiger partial charge in [0, 0.05) is 6.92 Å². The van der Waals surface area contributed by atoms with Crippen LogP contribution in [0, 0.1) is 6.92 Å². The van der Waals surface area contributed by atoms with Gasteiger partial charge in [-0.1, -0.05) is 47.2 Å². The average molecular weight is 521 g/mol. The van der Waals surface area contributed by atoms with Gasteiger partial charge in [0.2, 0.25) is 0 Å². The Bertz CT molecular complexity index is 1560. The summed E-state index contributed by atoms with van der Waals surface area (Å²) >= 11 is 1.24. The van der Waals surface area contributed by atoms with Crippen molar-refractivity contribution in [1.82, 2.24) is 4.57 Å². The van der Waals surface area contributed by atoms with Crippen molar-refractivity contribution in [3.63, 3.8) is 0 Å². The Labute approximate surface area is 218 Å². The lowest BCUT2D eigenvalue weighted by molar-refractivity contribution is -0.139. The van der Waals surface area contributed by atoms with Gasteiger partial charge in [-0.15, -0.1) is 0 Å². The van der Waals surface area contributed by atoms with Gasteiger partial charge < -0.3 is 14.2 Å². The lowest BCUT2D eigenvalue weighted by Gasteiger charge is -2.24. The number of esters is 2. The number of fused-ring (bicyclic) bond motifs is 1. The Morgan fingerprint density at radius 2 is 1.78 bits per heavy atom. The topological polar surface area (TPSA) is 96.2 Å². The van der Waals surface area contributed by atoms with Crippen LogP contribution in [0.3, 0.4) is 0 Å². The molecule has 2 heterocycles. The molecule has 1 aliphatic rings. The molecular formula is C28H28N2O6S. The zero-order valence-corrected chi connectivity index (χ0v) is 22.2. The molecule has 4 rings (SSSR count). The first-order chi connectivity index (χ1) is 17.7. The summed E-state index contributed by atoms with van der Waals surface area (Å²) < 4.78 is 18.2. The number of allylic oxidation sites excluding steroid dienone is 1. The van der Waals surface area contributed by atoms with Gasteiger partial charge >= 0.3 is 11.9 Å². The molecule has 0 N–H and O–H groups in total. The van der Waals surface area contributed by atoms with Crippen molar-refractivity contribution < 1.29 is 23.8 Å². The second-order valence-corrected chi connectivity index (χ2v) is 9.45. The highest BCUT2D eigenvalue weighted by atomic mass is 32.1. The molecule has 3 aromatic rings. The van der Waals surface area contributed by atoms with Crippen LogP contribution in [-0.2, 0) is 14.3 Å². The molecule has 0 unspecified atom stereocenters. The molecule has 1 aliphatic heterocycles. The van der Waals surface area contributed by atoms with Crippen LogP contribution < -0.4 is 24.4 Å². The number of hydrogen-bond acceptors (Lipinski definition) is 8. The Morgan fingerprint density at radius 1 is 1.05 bits per heavy atom.